The SMILES string of the molecule is C=C(CCCO[SiH3])C(=O)O. The van der Waals surface area contributed by atoms with Crippen LogP contribution < -0.4 is 0 Å². The Morgan fingerprint density at radius 1 is 1.70 bits per heavy atom. The zero-order valence-electron chi connectivity index (χ0n) is 6.09. The third kappa shape index (κ3) is 4.28. The van der Waals surface area contributed by atoms with Crippen molar-refractivity contribution >= 4 is 16.5 Å². The largest absolute Gasteiger partial charge is 0.478 e. The van der Waals surface area contributed by atoms with Gasteiger partial charge in [-0.1, -0.05) is 6.58 Å². The lowest BCUT2D eigenvalue weighted by Crippen LogP contribution is -2.00. The summed E-state index contributed by atoms with van der Waals surface area (Å²) in [4.78, 5) is 10.2. The summed E-state index contributed by atoms with van der Waals surface area (Å²) >= 11 is 0. The van der Waals surface area contributed by atoms with Gasteiger partial charge in [0.15, 0.2) is 0 Å². The van der Waals surface area contributed by atoms with Gasteiger partial charge in [0.25, 0.3) is 0 Å². The number of rotatable bonds is 5. The molecule has 0 bridgehead atoms. The smallest absolute Gasteiger partial charge is 0.330 e. The molecule has 0 radical (unpaired) electrons. The highest BCUT2D eigenvalue weighted by molar-refractivity contribution is 5.97. The van der Waals surface area contributed by atoms with E-state index >= 15 is 0 Å². The minimum atomic E-state index is -0.909. The molecule has 0 atom stereocenters. The summed E-state index contributed by atoms with van der Waals surface area (Å²) in [5.41, 5.74) is 0.263. The number of hydrogen-bond donors (Lipinski definition) is 1. The maximum absolute atomic E-state index is 10.2. The van der Waals surface area contributed by atoms with E-state index in [1.165, 1.54) is 0 Å². The fourth-order valence-corrected chi connectivity index (χ4v) is 0.826. The van der Waals surface area contributed by atoms with Crippen LogP contribution in [0.25, 0.3) is 0 Å². The van der Waals surface area contributed by atoms with Crippen LogP contribution in [0.1, 0.15) is 12.8 Å². The molecule has 0 aromatic rings. The predicted octanol–water partition coefficient (Wildman–Crippen LogP) is -0.296. The molecule has 0 aromatic carbocycles. The highest BCUT2D eigenvalue weighted by Crippen LogP contribution is 2.01. The van der Waals surface area contributed by atoms with Gasteiger partial charge in [-0.2, -0.15) is 0 Å². The first-order valence-corrected chi connectivity index (χ1v) is 3.90. The van der Waals surface area contributed by atoms with E-state index < -0.39 is 5.97 Å². The van der Waals surface area contributed by atoms with Gasteiger partial charge in [0.05, 0.1) is 0 Å². The van der Waals surface area contributed by atoms with Crippen LogP contribution in [0.2, 0.25) is 0 Å². The first-order valence-electron chi connectivity index (χ1n) is 3.08. The second-order valence-electron chi connectivity index (χ2n) is 2.01. The summed E-state index contributed by atoms with van der Waals surface area (Å²) in [7, 11) is 0.718. The molecule has 0 saturated carbocycles. The van der Waals surface area contributed by atoms with E-state index in [0.29, 0.717) is 13.0 Å². The normalized spacial score (nSPS) is 9.60. The number of carbonyl (C=O) groups is 1. The zero-order chi connectivity index (χ0) is 7.98. The highest BCUT2D eigenvalue weighted by atomic mass is 28.2. The second-order valence-corrected chi connectivity index (χ2v) is 2.58. The van der Waals surface area contributed by atoms with Crippen LogP contribution in [0.5, 0.6) is 0 Å². The standard InChI is InChI=1S/C6H12O3Si/c1-5(6(7)8)3-2-4-9-10/h1-4H2,10H3,(H,7,8). The van der Waals surface area contributed by atoms with Gasteiger partial charge >= 0.3 is 5.97 Å². The molecule has 3 nitrogen and oxygen atoms in total. The lowest BCUT2D eigenvalue weighted by molar-refractivity contribution is -0.132. The Hall–Kier alpha value is -0.613. The topological polar surface area (TPSA) is 46.5 Å². The molecular weight excluding hydrogens is 148 g/mol. The molecular formula is C6H12O3Si. The number of carboxylic acids is 1. The van der Waals surface area contributed by atoms with E-state index in [1.54, 1.807) is 0 Å². The van der Waals surface area contributed by atoms with Gasteiger partial charge < -0.3 is 9.53 Å². The van der Waals surface area contributed by atoms with Crippen LogP contribution in [-0.2, 0) is 9.22 Å². The van der Waals surface area contributed by atoms with E-state index in [0.717, 1.165) is 16.9 Å². The summed E-state index contributed by atoms with van der Waals surface area (Å²) in [6.45, 7) is 4.03. The molecule has 0 rings (SSSR count). The maximum atomic E-state index is 10.2. The van der Waals surface area contributed by atoms with Crippen molar-refractivity contribution in [1.82, 2.24) is 0 Å². The molecule has 0 aliphatic heterocycles. The summed E-state index contributed by atoms with van der Waals surface area (Å²) in [5, 5.41) is 8.35. The third-order valence-electron chi connectivity index (χ3n) is 1.13. The molecule has 0 aromatic heterocycles. The molecule has 4 heteroatoms. The Morgan fingerprint density at radius 3 is 2.70 bits per heavy atom. The second kappa shape index (κ2) is 5.19. The van der Waals surface area contributed by atoms with Crippen LogP contribution in [0, 0.1) is 0 Å². The molecule has 0 heterocycles. The van der Waals surface area contributed by atoms with Crippen molar-refractivity contribution in [1.29, 1.82) is 0 Å². The summed E-state index contributed by atoms with van der Waals surface area (Å²) < 4.78 is 4.88. The highest BCUT2D eigenvalue weighted by Gasteiger charge is 2.01. The van der Waals surface area contributed by atoms with Crippen molar-refractivity contribution in [3.05, 3.63) is 12.2 Å². The Bertz CT molecular complexity index is 133. The van der Waals surface area contributed by atoms with E-state index in [-0.39, 0.29) is 5.57 Å². The van der Waals surface area contributed by atoms with E-state index in [1.807, 2.05) is 0 Å². The van der Waals surface area contributed by atoms with Gasteiger partial charge in [0.2, 0.25) is 0 Å². The van der Waals surface area contributed by atoms with Crippen molar-refractivity contribution in [3.8, 4) is 0 Å². The van der Waals surface area contributed by atoms with E-state index in [2.05, 4.69) is 6.58 Å². The Balaban J connectivity index is 3.31. The van der Waals surface area contributed by atoms with Gasteiger partial charge in [0, 0.05) is 12.2 Å². The van der Waals surface area contributed by atoms with E-state index in [9.17, 15) is 4.79 Å². The molecule has 10 heavy (non-hydrogen) atoms. The van der Waals surface area contributed by atoms with Crippen LogP contribution in [0.4, 0.5) is 0 Å². The van der Waals surface area contributed by atoms with Crippen LogP contribution in [0.3, 0.4) is 0 Å². The Labute approximate surface area is 63.2 Å². The minimum Gasteiger partial charge on any atom is -0.478 e. The first kappa shape index (κ1) is 9.39. The average molecular weight is 160 g/mol. The summed E-state index contributed by atoms with van der Waals surface area (Å²) in [5.74, 6) is -0.909. The van der Waals surface area contributed by atoms with Crippen LogP contribution >= 0.6 is 0 Å². The first-order chi connectivity index (χ1) is 4.68. The van der Waals surface area contributed by atoms with E-state index in [4.69, 9.17) is 9.53 Å². The summed E-state index contributed by atoms with van der Waals surface area (Å²) in [6.07, 6.45) is 1.28. The van der Waals surface area contributed by atoms with Crippen molar-refractivity contribution < 1.29 is 14.3 Å². The predicted molar refractivity (Wildman–Crippen MR) is 41.9 cm³/mol. The van der Waals surface area contributed by atoms with Crippen molar-refractivity contribution in [2.45, 2.75) is 12.8 Å². The minimum absolute atomic E-state index is 0.263. The molecule has 0 aliphatic carbocycles. The Morgan fingerprint density at radius 2 is 2.30 bits per heavy atom. The third-order valence-corrected chi connectivity index (χ3v) is 1.54. The molecule has 0 amide bonds. The number of hydrogen-bond acceptors (Lipinski definition) is 2. The van der Waals surface area contributed by atoms with Gasteiger partial charge in [0.1, 0.15) is 10.5 Å². The molecule has 0 aliphatic rings. The Kier molecular flexibility index (Phi) is 4.88. The monoisotopic (exact) mass is 160 g/mol. The van der Waals surface area contributed by atoms with Crippen molar-refractivity contribution in [3.63, 3.8) is 0 Å². The van der Waals surface area contributed by atoms with Crippen LogP contribution in [0.15, 0.2) is 12.2 Å². The van der Waals surface area contributed by atoms with Crippen molar-refractivity contribution in [2.24, 2.45) is 0 Å². The molecule has 0 spiro atoms. The molecule has 0 saturated heterocycles. The lowest BCUT2D eigenvalue weighted by atomic mass is 10.2. The quantitative estimate of drug-likeness (QED) is 0.341. The van der Waals surface area contributed by atoms with Gasteiger partial charge in [-0.15, -0.1) is 0 Å². The van der Waals surface area contributed by atoms with Crippen molar-refractivity contribution in [2.75, 3.05) is 6.61 Å². The number of aliphatic carboxylic acids is 1. The average Bonchev–Trinajstić information content (AvgIpc) is 1.88. The molecule has 58 valence electrons. The number of carboxylic acid groups (broad SMARTS) is 1. The van der Waals surface area contributed by atoms with Gasteiger partial charge in [-0.05, 0) is 12.8 Å². The summed E-state index contributed by atoms with van der Waals surface area (Å²) in [6, 6.07) is 0. The fraction of sp³-hybridized carbons (Fsp3) is 0.500. The maximum Gasteiger partial charge on any atom is 0.330 e. The fourth-order valence-electron chi connectivity index (χ4n) is 0.537. The molecule has 0 unspecified atom stereocenters. The molecule has 1 N–H and O–H groups in total. The molecule has 0 fully saturated rings. The van der Waals surface area contributed by atoms with Crippen LogP contribution in [-0.4, -0.2) is 28.2 Å². The zero-order valence-corrected chi connectivity index (χ0v) is 8.09. The lowest BCUT2D eigenvalue weighted by Gasteiger charge is -1.98. The van der Waals surface area contributed by atoms with Gasteiger partial charge in [-0.25, -0.2) is 4.79 Å². The van der Waals surface area contributed by atoms with Gasteiger partial charge in [-0.3, -0.25) is 0 Å².